The molecule has 178 valence electrons. The van der Waals surface area contributed by atoms with E-state index in [1.54, 1.807) is 18.9 Å². The average Bonchev–Trinajstić information content (AvgIpc) is 3.39. The summed E-state index contributed by atoms with van der Waals surface area (Å²) in [6, 6.07) is 24.4. The summed E-state index contributed by atoms with van der Waals surface area (Å²) >= 11 is 3.11. The number of hydrogen-bond acceptors (Lipinski definition) is 6. The lowest BCUT2D eigenvalue weighted by Gasteiger charge is -2.19. The van der Waals surface area contributed by atoms with Crippen LogP contribution in [0.4, 0.5) is 11.4 Å². The number of rotatable bonds is 6. The second-order valence-electron chi connectivity index (χ2n) is 8.34. The Bertz CT molecular complexity index is 1320. The molecule has 0 radical (unpaired) electrons. The van der Waals surface area contributed by atoms with Crippen molar-refractivity contribution in [3.63, 3.8) is 0 Å². The van der Waals surface area contributed by atoms with Crippen molar-refractivity contribution in [1.82, 2.24) is 4.90 Å². The molecule has 0 N–H and O–H groups in total. The van der Waals surface area contributed by atoms with Crippen LogP contribution in [-0.4, -0.2) is 36.2 Å². The highest BCUT2D eigenvalue weighted by Crippen LogP contribution is 2.51. The van der Waals surface area contributed by atoms with Crippen molar-refractivity contribution in [2.75, 3.05) is 25.1 Å². The van der Waals surface area contributed by atoms with E-state index in [4.69, 9.17) is 9.73 Å². The van der Waals surface area contributed by atoms with Crippen molar-refractivity contribution in [3.8, 4) is 5.75 Å². The minimum atomic E-state index is 0.0121. The second-order valence-corrected chi connectivity index (χ2v) is 10.4. The Morgan fingerprint density at radius 2 is 1.77 bits per heavy atom. The van der Waals surface area contributed by atoms with Gasteiger partial charge in [0.05, 0.1) is 18.5 Å². The molecule has 5 nitrogen and oxygen atoms in total. The molecular weight excluding hydrogens is 474 g/mol. The molecule has 0 bridgehead atoms. The van der Waals surface area contributed by atoms with Gasteiger partial charge in [0.2, 0.25) is 0 Å². The summed E-state index contributed by atoms with van der Waals surface area (Å²) < 4.78 is 5.45. The molecule has 3 aromatic carbocycles. The first-order valence-electron chi connectivity index (χ1n) is 11.6. The molecule has 2 aliphatic rings. The zero-order valence-electron chi connectivity index (χ0n) is 20.0. The first-order chi connectivity index (χ1) is 17.1. The summed E-state index contributed by atoms with van der Waals surface area (Å²) in [5, 5.41) is 1.69. The molecule has 0 saturated carbocycles. The lowest BCUT2D eigenvalue weighted by atomic mass is 10.1. The second kappa shape index (κ2) is 10.2. The Kier molecular flexibility index (Phi) is 6.88. The Morgan fingerprint density at radius 1 is 0.943 bits per heavy atom. The van der Waals surface area contributed by atoms with Gasteiger partial charge in [0.25, 0.3) is 5.91 Å². The van der Waals surface area contributed by atoms with Crippen LogP contribution in [0.2, 0.25) is 0 Å². The van der Waals surface area contributed by atoms with Crippen molar-refractivity contribution in [2.24, 2.45) is 4.99 Å². The van der Waals surface area contributed by atoms with Crippen LogP contribution in [0.1, 0.15) is 18.1 Å². The van der Waals surface area contributed by atoms with E-state index < -0.39 is 0 Å². The number of amides is 1. The van der Waals surface area contributed by atoms with Crippen LogP contribution in [0.5, 0.6) is 5.75 Å². The smallest absolute Gasteiger partial charge is 0.269 e. The molecule has 1 saturated heterocycles. The number of hydrogen-bond donors (Lipinski definition) is 0. The van der Waals surface area contributed by atoms with Crippen molar-refractivity contribution in [2.45, 2.75) is 25.2 Å². The van der Waals surface area contributed by atoms with E-state index in [-0.39, 0.29) is 5.91 Å². The van der Waals surface area contributed by atoms with Crippen molar-refractivity contribution >= 4 is 46.0 Å². The molecule has 0 unspecified atom stereocenters. The van der Waals surface area contributed by atoms with Crippen LogP contribution in [0.3, 0.4) is 0 Å². The first-order valence-corrected chi connectivity index (χ1v) is 13.3. The minimum absolute atomic E-state index is 0.0121. The summed E-state index contributed by atoms with van der Waals surface area (Å²) in [7, 11) is 1.68. The fourth-order valence-corrected chi connectivity index (χ4v) is 6.58. The predicted molar refractivity (Wildman–Crippen MR) is 147 cm³/mol. The number of nitrogens with zero attached hydrogens (tertiary/aromatic N) is 3. The largest absolute Gasteiger partial charge is 0.497 e. The van der Waals surface area contributed by atoms with Gasteiger partial charge in [0.1, 0.15) is 15.7 Å². The van der Waals surface area contributed by atoms with Gasteiger partial charge < -0.3 is 9.64 Å². The molecule has 0 aliphatic carbocycles. The van der Waals surface area contributed by atoms with E-state index >= 15 is 0 Å². The summed E-state index contributed by atoms with van der Waals surface area (Å²) in [5.74, 6) is 0.823. The summed E-state index contributed by atoms with van der Waals surface area (Å²) in [5.41, 5.74) is 4.28. The highest BCUT2D eigenvalue weighted by Gasteiger charge is 2.39. The molecule has 35 heavy (non-hydrogen) atoms. The number of amidine groups is 1. The quantitative estimate of drug-likeness (QED) is 0.356. The molecule has 0 atom stereocenters. The number of carbonyl (C=O) groups excluding carboxylic acids is 1. The fourth-order valence-electron chi connectivity index (χ4n) is 4.18. The Morgan fingerprint density at radius 3 is 2.51 bits per heavy atom. The van der Waals surface area contributed by atoms with Gasteiger partial charge in [-0.05, 0) is 67.4 Å². The third kappa shape index (κ3) is 4.83. The number of ether oxygens (including phenoxy) is 1. The molecular formula is C28H27N3O2S2. The van der Waals surface area contributed by atoms with Gasteiger partial charge in [-0.3, -0.25) is 9.69 Å². The monoisotopic (exact) mass is 501 g/mol. The number of benzene rings is 3. The predicted octanol–water partition coefficient (Wildman–Crippen LogP) is 6.61. The highest BCUT2D eigenvalue weighted by atomic mass is 32.2. The highest BCUT2D eigenvalue weighted by molar-refractivity contribution is 8.19. The van der Waals surface area contributed by atoms with E-state index in [9.17, 15) is 4.79 Å². The Balaban J connectivity index is 1.52. The van der Waals surface area contributed by atoms with Crippen LogP contribution >= 0.6 is 23.5 Å². The number of aryl methyl sites for hydroxylation is 1. The molecule has 2 aliphatic heterocycles. The van der Waals surface area contributed by atoms with E-state index in [1.165, 1.54) is 17.3 Å². The maximum absolute atomic E-state index is 13.8. The molecule has 2 heterocycles. The van der Waals surface area contributed by atoms with Crippen molar-refractivity contribution in [1.29, 1.82) is 0 Å². The van der Waals surface area contributed by atoms with E-state index in [1.807, 2.05) is 53.4 Å². The van der Waals surface area contributed by atoms with Crippen LogP contribution in [-0.2, 0) is 11.2 Å². The number of aliphatic imine (C=N–C) groups is 1. The number of anilines is 1. The minimum Gasteiger partial charge on any atom is -0.497 e. The zero-order chi connectivity index (χ0) is 24.4. The average molecular weight is 502 g/mol. The molecule has 0 aromatic heterocycles. The first kappa shape index (κ1) is 23.6. The standard InChI is InChI=1S/C28H27N3O2S2/c1-4-30-23-18-22(33-3)13-14-24(23)34-27(30)25-26(32)31(16-15-20-10-6-5-7-11-20)28(35-25)29-21-12-8-9-19(2)17-21/h5-14,17-18H,4,15-16H2,1-3H3/b27-25-,29-28?. The van der Waals surface area contributed by atoms with Gasteiger partial charge in [0, 0.05) is 24.1 Å². The van der Waals surface area contributed by atoms with E-state index in [0.29, 0.717) is 6.54 Å². The number of thioether (sulfide) groups is 2. The van der Waals surface area contributed by atoms with Gasteiger partial charge in [-0.25, -0.2) is 4.99 Å². The van der Waals surface area contributed by atoms with Crippen LogP contribution < -0.4 is 9.64 Å². The molecule has 0 spiro atoms. The molecule has 5 rings (SSSR count). The van der Waals surface area contributed by atoms with Gasteiger partial charge in [-0.2, -0.15) is 0 Å². The molecule has 1 amide bonds. The molecule has 1 fully saturated rings. The van der Waals surface area contributed by atoms with Crippen molar-refractivity contribution in [3.05, 3.63) is 93.9 Å². The maximum Gasteiger partial charge on any atom is 0.269 e. The van der Waals surface area contributed by atoms with Crippen LogP contribution in [0.25, 0.3) is 0 Å². The van der Waals surface area contributed by atoms with E-state index in [0.717, 1.165) is 55.7 Å². The maximum atomic E-state index is 13.8. The van der Waals surface area contributed by atoms with Gasteiger partial charge in [-0.15, -0.1) is 0 Å². The zero-order valence-corrected chi connectivity index (χ0v) is 21.7. The topological polar surface area (TPSA) is 45.1 Å². The van der Waals surface area contributed by atoms with Gasteiger partial charge >= 0.3 is 0 Å². The SMILES string of the molecule is CCN1/C(=C2/SC(=Nc3cccc(C)c3)N(CCc3ccccc3)C2=O)Sc2ccc(OC)cc21. The summed E-state index contributed by atoms with van der Waals surface area (Å²) in [6.07, 6.45) is 0.769. The summed E-state index contributed by atoms with van der Waals surface area (Å²) in [4.78, 5) is 24.6. The van der Waals surface area contributed by atoms with Gasteiger partial charge in [-0.1, -0.05) is 54.2 Å². The third-order valence-electron chi connectivity index (χ3n) is 5.98. The van der Waals surface area contributed by atoms with Crippen LogP contribution in [0, 0.1) is 6.92 Å². The Labute approximate surface area is 214 Å². The molecule has 3 aromatic rings. The number of carbonyl (C=O) groups is 1. The van der Waals surface area contributed by atoms with E-state index in [2.05, 4.69) is 43.0 Å². The van der Waals surface area contributed by atoms with Crippen molar-refractivity contribution < 1.29 is 9.53 Å². The lowest BCUT2D eigenvalue weighted by molar-refractivity contribution is -0.122. The van der Waals surface area contributed by atoms with Crippen LogP contribution in [0.15, 0.2) is 92.6 Å². The van der Waals surface area contributed by atoms with Gasteiger partial charge in [0.15, 0.2) is 5.17 Å². The Hall–Kier alpha value is -3.16. The summed E-state index contributed by atoms with van der Waals surface area (Å²) in [6.45, 7) is 5.49. The normalized spacial score (nSPS) is 18.5. The number of fused-ring (bicyclic) bond motifs is 1. The fraction of sp³-hybridized carbons (Fsp3) is 0.214. The number of methoxy groups -OCH3 is 1. The molecule has 7 heteroatoms. The third-order valence-corrected chi connectivity index (χ3v) is 8.35. The lowest BCUT2D eigenvalue weighted by Crippen LogP contribution is -2.32.